The van der Waals surface area contributed by atoms with E-state index in [1.807, 2.05) is 48.5 Å². The maximum Gasteiger partial charge on any atom is 0.312 e. The second-order valence-electron chi connectivity index (χ2n) is 5.12. The van der Waals surface area contributed by atoms with Gasteiger partial charge in [0.25, 0.3) is 0 Å². The van der Waals surface area contributed by atoms with Crippen LogP contribution in [0.2, 0.25) is 0 Å². The summed E-state index contributed by atoms with van der Waals surface area (Å²) in [5.41, 5.74) is 2.37. The van der Waals surface area contributed by atoms with Gasteiger partial charge in [-0.3, -0.25) is 4.79 Å². The number of ether oxygens (including phenoxy) is 2. The largest absolute Gasteiger partial charge is 0.497 e. The molecule has 0 amide bonds. The molecule has 0 aliphatic rings. The van der Waals surface area contributed by atoms with Gasteiger partial charge in [0.05, 0.1) is 20.1 Å². The molecule has 0 aliphatic heterocycles. The molecule has 0 aliphatic carbocycles. The van der Waals surface area contributed by atoms with Crippen LogP contribution in [0, 0.1) is 0 Å². The highest BCUT2D eigenvalue weighted by atomic mass is 16.5. The van der Waals surface area contributed by atoms with E-state index in [-0.39, 0.29) is 12.4 Å². The molecule has 2 aromatic carbocycles. The monoisotopic (exact) mass is 311 g/mol. The molecule has 0 spiro atoms. The number of nitrogens with zero attached hydrogens (tertiary/aromatic N) is 1. The second kappa shape index (κ2) is 6.96. The normalized spacial score (nSPS) is 10.7. The minimum atomic E-state index is -0.308. The van der Waals surface area contributed by atoms with Crippen LogP contribution >= 0.6 is 0 Å². The number of benzene rings is 2. The van der Waals surface area contributed by atoms with E-state index < -0.39 is 0 Å². The summed E-state index contributed by atoms with van der Waals surface area (Å²) in [6, 6.07) is 15.1. The van der Waals surface area contributed by atoms with Crippen molar-refractivity contribution in [3.63, 3.8) is 0 Å². The van der Waals surface area contributed by atoms with E-state index in [1.54, 1.807) is 7.11 Å². The molecule has 0 radical (unpaired) electrons. The fourth-order valence-corrected chi connectivity index (χ4v) is 2.33. The molecule has 0 saturated heterocycles. The predicted octanol–water partition coefficient (Wildman–Crippen LogP) is 3.16. The van der Waals surface area contributed by atoms with Crippen LogP contribution in [0.25, 0.3) is 11.0 Å². The van der Waals surface area contributed by atoms with Gasteiger partial charge in [-0.1, -0.05) is 29.4 Å². The first-order valence-electron chi connectivity index (χ1n) is 7.38. The Hall–Kier alpha value is -2.82. The topological polar surface area (TPSA) is 61.6 Å². The standard InChI is InChI=1S/C18H17NO4/c1-21-14-8-6-13(7-9-14)10-11-22-18(20)12-16-15-4-2-3-5-17(15)23-19-16/h2-9H,10-12H2,1H3. The van der Waals surface area contributed by atoms with E-state index in [4.69, 9.17) is 14.0 Å². The number of carbonyl (C=O) groups is 1. The van der Waals surface area contributed by atoms with E-state index >= 15 is 0 Å². The lowest BCUT2D eigenvalue weighted by molar-refractivity contribution is -0.142. The van der Waals surface area contributed by atoms with Crippen molar-refractivity contribution in [2.75, 3.05) is 13.7 Å². The van der Waals surface area contributed by atoms with Crippen molar-refractivity contribution in [2.24, 2.45) is 0 Å². The average molecular weight is 311 g/mol. The zero-order valence-electron chi connectivity index (χ0n) is 12.8. The highest BCUT2D eigenvalue weighted by Gasteiger charge is 2.12. The molecule has 0 saturated carbocycles. The lowest BCUT2D eigenvalue weighted by atomic mass is 10.1. The summed E-state index contributed by atoms with van der Waals surface area (Å²) < 4.78 is 15.6. The van der Waals surface area contributed by atoms with Crippen molar-refractivity contribution in [3.05, 3.63) is 59.8 Å². The number of hydrogen-bond acceptors (Lipinski definition) is 5. The minimum Gasteiger partial charge on any atom is -0.497 e. The second-order valence-corrected chi connectivity index (χ2v) is 5.12. The van der Waals surface area contributed by atoms with Crippen molar-refractivity contribution < 1.29 is 18.8 Å². The van der Waals surface area contributed by atoms with Gasteiger partial charge in [-0.15, -0.1) is 0 Å². The number of methoxy groups -OCH3 is 1. The molecule has 0 atom stereocenters. The molecular formula is C18H17NO4. The van der Waals surface area contributed by atoms with Crippen molar-refractivity contribution in [2.45, 2.75) is 12.8 Å². The van der Waals surface area contributed by atoms with Crippen LogP contribution in [0.4, 0.5) is 0 Å². The van der Waals surface area contributed by atoms with E-state index in [0.29, 0.717) is 24.3 Å². The Bertz CT molecular complexity index is 792. The smallest absolute Gasteiger partial charge is 0.312 e. The first-order valence-corrected chi connectivity index (χ1v) is 7.38. The lowest BCUT2D eigenvalue weighted by Gasteiger charge is -2.05. The van der Waals surface area contributed by atoms with Crippen molar-refractivity contribution >= 4 is 16.9 Å². The maximum atomic E-state index is 11.9. The number of esters is 1. The van der Waals surface area contributed by atoms with Gasteiger partial charge in [-0.05, 0) is 29.8 Å². The Kier molecular flexibility index (Phi) is 4.57. The number of aromatic nitrogens is 1. The van der Waals surface area contributed by atoms with Crippen LogP contribution in [-0.4, -0.2) is 24.8 Å². The fraction of sp³-hybridized carbons (Fsp3) is 0.222. The Morgan fingerprint density at radius 2 is 1.91 bits per heavy atom. The molecule has 5 heteroatoms. The first kappa shape index (κ1) is 15.1. The molecule has 0 bridgehead atoms. The zero-order valence-corrected chi connectivity index (χ0v) is 12.8. The Morgan fingerprint density at radius 3 is 2.70 bits per heavy atom. The predicted molar refractivity (Wildman–Crippen MR) is 85.4 cm³/mol. The fourth-order valence-electron chi connectivity index (χ4n) is 2.33. The van der Waals surface area contributed by atoms with Crippen LogP contribution < -0.4 is 4.74 Å². The van der Waals surface area contributed by atoms with Crippen LogP contribution in [0.5, 0.6) is 5.75 Å². The summed E-state index contributed by atoms with van der Waals surface area (Å²) in [6.07, 6.45) is 0.773. The van der Waals surface area contributed by atoms with Gasteiger partial charge >= 0.3 is 5.97 Å². The first-order chi connectivity index (χ1) is 11.3. The van der Waals surface area contributed by atoms with Gasteiger partial charge in [0.1, 0.15) is 11.4 Å². The summed E-state index contributed by atoms with van der Waals surface area (Å²) in [4.78, 5) is 11.9. The quantitative estimate of drug-likeness (QED) is 0.654. The molecule has 0 unspecified atom stereocenters. The van der Waals surface area contributed by atoms with Gasteiger partial charge in [0, 0.05) is 11.8 Å². The van der Waals surface area contributed by atoms with Gasteiger partial charge in [0.2, 0.25) is 0 Å². The Labute approximate surface area is 133 Å². The highest BCUT2D eigenvalue weighted by molar-refractivity contribution is 5.84. The molecule has 118 valence electrons. The number of para-hydroxylation sites is 1. The Morgan fingerprint density at radius 1 is 1.13 bits per heavy atom. The van der Waals surface area contributed by atoms with Crippen LogP contribution in [0.1, 0.15) is 11.3 Å². The third-order valence-electron chi connectivity index (χ3n) is 3.58. The van der Waals surface area contributed by atoms with E-state index in [1.165, 1.54) is 0 Å². The third kappa shape index (κ3) is 3.69. The molecule has 23 heavy (non-hydrogen) atoms. The SMILES string of the molecule is COc1ccc(CCOC(=O)Cc2noc3ccccc23)cc1. The summed E-state index contributed by atoms with van der Waals surface area (Å²) in [5, 5.41) is 4.78. The van der Waals surface area contributed by atoms with Gasteiger partial charge in [-0.25, -0.2) is 0 Å². The molecule has 0 fully saturated rings. The molecule has 0 N–H and O–H groups in total. The Balaban J connectivity index is 1.51. The number of fused-ring (bicyclic) bond motifs is 1. The summed E-state index contributed by atoms with van der Waals surface area (Å²) in [7, 11) is 1.63. The summed E-state index contributed by atoms with van der Waals surface area (Å²) >= 11 is 0. The molecule has 1 heterocycles. The van der Waals surface area contributed by atoms with Crippen molar-refractivity contribution in [1.82, 2.24) is 5.16 Å². The molecule has 5 nitrogen and oxygen atoms in total. The van der Waals surface area contributed by atoms with Gasteiger partial charge in [0.15, 0.2) is 5.58 Å². The van der Waals surface area contributed by atoms with Crippen LogP contribution in [0.3, 0.4) is 0 Å². The van der Waals surface area contributed by atoms with Crippen molar-refractivity contribution in [3.8, 4) is 5.75 Å². The maximum absolute atomic E-state index is 11.9. The van der Waals surface area contributed by atoms with E-state index in [2.05, 4.69) is 5.16 Å². The van der Waals surface area contributed by atoms with Gasteiger partial charge in [-0.2, -0.15) is 0 Å². The van der Waals surface area contributed by atoms with Crippen LogP contribution in [-0.2, 0) is 22.4 Å². The molecule has 3 rings (SSSR count). The molecule has 3 aromatic rings. The highest BCUT2D eigenvalue weighted by Crippen LogP contribution is 2.18. The number of carbonyl (C=O) groups excluding carboxylic acids is 1. The molecule has 1 aromatic heterocycles. The lowest BCUT2D eigenvalue weighted by Crippen LogP contribution is -2.10. The number of hydrogen-bond donors (Lipinski definition) is 0. The van der Waals surface area contributed by atoms with Crippen molar-refractivity contribution in [1.29, 1.82) is 0 Å². The summed E-state index contributed by atoms with van der Waals surface area (Å²) in [5.74, 6) is 0.501. The third-order valence-corrected chi connectivity index (χ3v) is 3.58. The van der Waals surface area contributed by atoms with E-state index in [9.17, 15) is 4.79 Å². The van der Waals surface area contributed by atoms with Crippen LogP contribution in [0.15, 0.2) is 53.1 Å². The number of rotatable bonds is 6. The zero-order chi connectivity index (χ0) is 16.1. The van der Waals surface area contributed by atoms with Gasteiger partial charge < -0.3 is 14.0 Å². The summed E-state index contributed by atoms with van der Waals surface area (Å²) in [6.45, 7) is 0.334. The molecular weight excluding hydrogens is 294 g/mol. The van der Waals surface area contributed by atoms with E-state index in [0.717, 1.165) is 16.7 Å². The minimum absolute atomic E-state index is 0.111. The average Bonchev–Trinajstić information content (AvgIpc) is 2.99.